The van der Waals surface area contributed by atoms with Crippen LogP contribution in [0, 0.1) is 11.8 Å². The molecule has 20 heavy (non-hydrogen) atoms. The fourth-order valence-corrected chi connectivity index (χ4v) is 2.96. The van der Waals surface area contributed by atoms with Crippen molar-refractivity contribution in [2.24, 2.45) is 11.8 Å². The Morgan fingerprint density at radius 2 is 2.10 bits per heavy atom. The number of nitrogens with one attached hydrogen (secondary N) is 1. The number of hydrogen-bond acceptors (Lipinski definition) is 3. The summed E-state index contributed by atoms with van der Waals surface area (Å²) in [4.78, 5) is 12.0. The van der Waals surface area contributed by atoms with Gasteiger partial charge in [-0.1, -0.05) is 38.3 Å². The highest BCUT2D eigenvalue weighted by Gasteiger charge is 2.18. The number of halogens is 1. The summed E-state index contributed by atoms with van der Waals surface area (Å²) in [5, 5.41) is 7.72. The molecule has 0 saturated heterocycles. The maximum atomic E-state index is 12.0. The predicted molar refractivity (Wildman–Crippen MR) is 83.4 cm³/mol. The third-order valence-electron chi connectivity index (χ3n) is 4.14. The van der Waals surface area contributed by atoms with Gasteiger partial charge in [0, 0.05) is 13.1 Å². The summed E-state index contributed by atoms with van der Waals surface area (Å²) in [5.74, 6) is 1.54. The zero-order valence-electron chi connectivity index (χ0n) is 12.4. The summed E-state index contributed by atoms with van der Waals surface area (Å²) in [6.45, 7) is 5.82. The van der Waals surface area contributed by atoms with E-state index >= 15 is 0 Å². The average Bonchev–Trinajstić information content (AvgIpc) is 2.45. The molecule has 4 nitrogen and oxygen atoms in total. The fourth-order valence-electron chi connectivity index (χ4n) is 2.75. The summed E-state index contributed by atoms with van der Waals surface area (Å²) < 4.78 is 1.43. The maximum Gasteiger partial charge on any atom is 0.287 e. The Morgan fingerprint density at radius 3 is 2.75 bits per heavy atom. The molecule has 1 aliphatic rings. The Hall–Kier alpha value is -1.03. The SMILES string of the molecule is CCCn1ncc(NCC2CCC(C)CC2)c(Cl)c1=O. The van der Waals surface area contributed by atoms with Crippen molar-refractivity contribution in [3.05, 3.63) is 21.6 Å². The Bertz CT molecular complexity index is 492. The number of aromatic nitrogens is 2. The zero-order valence-corrected chi connectivity index (χ0v) is 13.1. The highest BCUT2D eigenvalue weighted by atomic mass is 35.5. The van der Waals surface area contributed by atoms with Gasteiger partial charge in [0.2, 0.25) is 0 Å². The van der Waals surface area contributed by atoms with Crippen molar-refractivity contribution in [3.63, 3.8) is 0 Å². The van der Waals surface area contributed by atoms with E-state index in [4.69, 9.17) is 11.6 Å². The lowest BCUT2D eigenvalue weighted by Crippen LogP contribution is -2.25. The van der Waals surface area contributed by atoms with E-state index in [9.17, 15) is 4.79 Å². The highest BCUT2D eigenvalue weighted by Crippen LogP contribution is 2.28. The minimum atomic E-state index is -0.198. The molecule has 2 rings (SSSR count). The van der Waals surface area contributed by atoms with Crippen LogP contribution in [-0.4, -0.2) is 16.3 Å². The van der Waals surface area contributed by atoms with E-state index in [1.165, 1.54) is 30.4 Å². The number of rotatable bonds is 5. The molecule has 1 aromatic heterocycles. The number of nitrogens with zero attached hydrogens (tertiary/aromatic N) is 2. The van der Waals surface area contributed by atoms with Crippen molar-refractivity contribution in [3.8, 4) is 0 Å². The molecule has 0 unspecified atom stereocenters. The van der Waals surface area contributed by atoms with Crippen LogP contribution < -0.4 is 10.9 Å². The van der Waals surface area contributed by atoms with E-state index in [1.807, 2.05) is 6.92 Å². The van der Waals surface area contributed by atoms with Crippen LogP contribution in [0.4, 0.5) is 5.69 Å². The molecule has 0 amide bonds. The van der Waals surface area contributed by atoms with Crippen LogP contribution in [0.15, 0.2) is 11.0 Å². The summed E-state index contributed by atoms with van der Waals surface area (Å²) >= 11 is 6.14. The Balaban J connectivity index is 1.96. The minimum Gasteiger partial charge on any atom is -0.382 e. The summed E-state index contributed by atoms with van der Waals surface area (Å²) in [7, 11) is 0. The second-order valence-corrected chi connectivity index (χ2v) is 6.29. The fraction of sp³-hybridized carbons (Fsp3) is 0.733. The van der Waals surface area contributed by atoms with Crippen LogP contribution in [0.5, 0.6) is 0 Å². The van der Waals surface area contributed by atoms with E-state index in [-0.39, 0.29) is 10.6 Å². The van der Waals surface area contributed by atoms with Crippen LogP contribution in [0.3, 0.4) is 0 Å². The molecule has 0 atom stereocenters. The lowest BCUT2D eigenvalue weighted by Gasteiger charge is -2.26. The largest absolute Gasteiger partial charge is 0.382 e. The molecule has 1 saturated carbocycles. The van der Waals surface area contributed by atoms with Gasteiger partial charge in [0.15, 0.2) is 0 Å². The molecule has 112 valence electrons. The van der Waals surface area contributed by atoms with Crippen LogP contribution >= 0.6 is 11.6 Å². The number of hydrogen-bond donors (Lipinski definition) is 1. The first-order valence-electron chi connectivity index (χ1n) is 7.61. The van der Waals surface area contributed by atoms with Crippen LogP contribution in [0.2, 0.25) is 5.02 Å². The monoisotopic (exact) mass is 297 g/mol. The molecule has 1 N–H and O–H groups in total. The molecule has 1 aliphatic carbocycles. The van der Waals surface area contributed by atoms with Gasteiger partial charge in [-0.25, -0.2) is 4.68 Å². The third kappa shape index (κ3) is 3.75. The normalized spacial score (nSPS) is 22.8. The summed E-state index contributed by atoms with van der Waals surface area (Å²) in [5.41, 5.74) is 0.471. The van der Waals surface area contributed by atoms with Gasteiger partial charge in [0.1, 0.15) is 5.02 Å². The van der Waals surface area contributed by atoms with Gasteiger partial charge in [-0.2, -0.15) is 5.10 Å². The predicted octanol–water partition coefficient (Wildman–Crippen LogP) is 3.54. The first-order valence-corrected chi connectivity index (χ1v) is 7.99. The van der Waals surface area contributed by atoms with Gasteiger partial charge in [0.25, 0.3) is 5.56 Å². The van der Waals surface area contributed by atoms with Crippen molar-refractivity contribution in [2.45, 2.75) is 52.5 Å². The van der Waals surface area contributed by atoms with E-state index in [2.05, 4.69) is 17.3 Å². The molecular weight excluding hydrogens is 274 g/mol. The molecular formula is C15H24ClN3O. The van der Waals surface area contributed by atoms with E-state index in [1.54, 1.807) is 6.20 Å². The Morgan fingerprint density at radius 1 is 1.40 bits per heavy atom. The van der Waals surface area contributed by atoms with E-state index in [0.29, 0.717) is 18.2 Å². The van der Waals surface area contributed by atoms with Gasteiger partial charge >= 0.3 is 0 Å². The Labute approximate surface area is 125 Å². The first kappa shape index (κ1) is 15.4. The Kier molecular flexibility index (Phi) is 5.46. The standard InChI is InChI=1S/C15H24ClN3O/c1-3-8-19-15(20)14(16)13(10-18-19)17-9-12-6-4-11(2)5-7-12/h10-12,17H,3-9H2,1-2H3. The van der Waals surface area contributed by atoms with Crippen LogP contribution in [0.25, 0.3) is 0 Å². The lowest BCUT2D eigenvalue weighted by atomic mass is 9.83. The zero-order chi connectivity index (χ0) is 14.5. The third-order valence-corrected chi connectivity index (χ3v) is 4.50. The topological polar surface area (TPSA) is 46.9 Å². The van der Waals surface area contributed by atoms with Gasteiger partial charge < -0.3 is 5.32 Å². The van der Waals surface area contributed by atoms with Gasteiger partial charge in [-0.05, 0) is 31.1 Å². The molecule has 1 fully saturated rings. The molecule has 0 spiro atoms. The first-order chi connectivity index (χ1) is 9.61. The average molecular weight is 298 g/mol. The summed E-state index contributed by atoms with van der Waals surface area (Å²) in [6.07, 6.45) is 7.66. The molecule has 0 aliphatic heterocycles. The minimum absolute atomic E-state index is 0.198. The molecule has 0 bridgehead atoms. The van der Waals surface area contributed by atoms with Crippen molar-refractivity contribution in [1.29, 1.82) is 0 Å². The van der Waals surface area contributed by atoms with Crippen molar-refractivity contribution < 1.29 is 0 Å². The molecule has 1 heterocycles. The van der Waals surface area contributed by atoms with Gasteiger partial charge in [0.05, 0.1) is 11.9 Å². The van der Waals surface area contributed by atoms with Crippen LogP contribution in [-0.2, 0) is 6.54 Å². The highest BCUT2D eigenvalue weighted by molar-refractivity contribution is 6.32. The molecule has 5 heteroatoms. The molecule has 0 aromatic carbocycles. The second-order valence-electron chi connectivity index (χ2n) is 5.91. The van der Waals surface area contributed by atoms with Crippen molar-refractivity contribution >= 4 is 17.3 Å². The quantitative estimate of drug-likeness (QED) is 0.904. The number of anilines is 1. The smallest absolute Gasteiger partial charge is 0.287 e. The second kappa shape index (κ2) is 7.11. The van der Waals surface area contributed by atoms with Gasteiger partial charge in [-0.15, -0.1) is 0 Å². The van der Waals surface area contributed by atoms with Crippen LogP contribution in [0.1, 0.15) is 46.0 Å². The van der Waals surface area contributed by atoms with Crippen molar-refractivity contribution in [2.75, 3.05) is 11.9 Å². The maximum absolute atomic E-state index is 12.0. The van der Waals surface area contributed by atoms with E-state index < -0.39 is 0 Å². The van der Waals surface area contributed by atoms with Gasteiger partial charge in [-0.3, -0.25) is 4.79 Å². The lowest BCUT2D eigenvalue weighted by molar-refractivity contribution is 0.300. The molecule has 0 radical (unpaired) electrons. The number of aryl methyl sites for hydroxylation is 1. The summed E-state index contributed by atoms with van der Waals surface area (Å²) in [6, 6.07) is 0. The van der Waals surface area contributed by atoms with Crippen molar-refractivity contribution in [1.82, 2.24) is 9.78 Å². The van der Waals surface area contributed by atoms with E-state index in [0.717, 1.165) is 18.9 Å². The molecule has 1 aromatic rings.